The topological polar surface area (TPSA) is 92.1 Å². The van der Waals surface area contributed by atoms with Crippen LogP contribution >= 0.6 is 11.8 Å². The zero-order valence-corrected chi connectivity index (χ0v) is 15.5. The van der Waals surface area contributed by atoms with Crippen molar-refractivity contribution in [2.75, 3.05) is 18.8 Å². The Morgan fingerprint density at radius 2 is 1.96 bits per heavy atom. The molecule has 2 aromatic rings. The number of H-pyrrole nitrogens is 1. The highest BCUT2D eigenvalue weighted by molar-refractivity contribution is 7.99. The maximum atomic E-state index is 12.5. The van der Waals surface area contributed by atoms with E-state index in [2.05, 4.69) is 20.1 Å². The first-order valence-corrected chi connectivity index (χ1v) is 9.35. The second kappa shape index (κ2) is 7.53. The average Bonchev–Trinajstić information content (AvgIpc) is 3.27. The van der Waals surface area contributed by atoms with Crippen LogP contribution in [0.15, 0.2) is 9.64 Å². The molecule has 0 aromatic carbocycles. The van der Waals surface area contributed by atoms with Gasteiger partial charge in [-0.2, -0.15) is 0 Å². The number of Topliss-reactive ketones (excluding diaryl/α,β-unsaturated/α-hetero) is 2. The number of carbonyl (C=O) groups is 2. The van der Waals surface area contributed by atoms with Crippen LogP contribution in [0.2, 0.25) is 0 Å². The molecule has 8 heteroatoms. The highest BCUT2D eigenvalue weighted by atomic mass is 32.2. The zero-order valence-electron chi connectivity index (χ0n) is 14.7. The summed E-state index contributed by atoms with van der Waals surface area (Å²) < 4.78 is 5.61. The molecule has 1 aliphatic heterocycles. The van der Waals surface area contributed by atoms with E-state index < -0.39 is 0 Å². The van der Waals surface area contributed by atoms with E-state index in [0.717, 1.165) is 18.8 Å². The lowest BCUT2D eigenvalue weighted by atomic mass is 10.1. The number of hydrogen-bond donors (Lipinski definition) is 1. The van der Waals surface area contributed by atoms with Crippen LogP contribution in [0.25, 0.3) is 0 Å². The van der Waals surface area contributed by atoms with Crippen molar-refractivity contribution in [2.24, 2.45) is 0 Å². The van der Waals surface area contributed by atoms with Crippen LogP contribution in [0.3, 0.4) is 0 Å². The minimum Gasteiger partial charge on any atom is -0.415 e. The van der Waals surface area contributed by atoms with Crippen LogP contribution in [-0.4, -0.2) is 50.5 Å². The van der Waals surface area contributed by atoms with Gasteiger partial charge in [-0.3, -0.25) is 14.5 Å². The van der Waals surface area contributed by atoms with Gasteiger partial charge in [-0.15, -0.1) is 10.2 Å². The number of carbonyl (C=O) groups excluding carboxylic acids is 2. The molecule has 1 fully saturated rings. The molecule has 0 atom stereocenters. The van der Waals surface area contributed by atoms with Crippen molar-refractivity contribution in [3.8, 4) is 0 Å². The van der Waals surface area contributed by atoms with Gasteiger partial charge in [0.05, 0.1) is 18.0 Å². The molecule has 0 spiro atoms. The molecule has 0 aliphatic carbocycles. The molecule has 0 saturated carbocycles. The first-order valence-electron chi connectivity index (χ1n) is 8.36. The normalized spacial score (nSPS) is 15.0. The van der Waals surface area contributed by atoms with E-state index in [9.17, 15) is 9.59 Å². The third-order valence-corrected chi connectivity index (χ3v) is 5.22. The highest BCUT2D eigenvalue weighted by Crippen LogP contribution is 2.23. The lowest BCUT2D eigenvalue weighted by molar-refractivity contribution is 0.101. The minimum absolute atomic E-state index is 0.0404. The monoisotopic (exact) mass is 362 g/mol. The Balaban J connectivity index is 1.60. The van der Waals surface area contributed by atoms with Crippen LogP contribution < -0.4 is 0 Å². The number of rotatable bonds is 7. The Morgan fingerprint density at radius 3 is 2.60 bits per heavy atom. The molecule has 0 bridgehead atoms. The molecule has 1 N–H and O–H groups in total. The Hall–Kier alpha value is -1.93. The molecule has 1 aliphatic rings. The maximum absolute atomic E-state index is 12.5. The average molecular weight is 362 g/mol. The van der Waals surface area contributed by atoms with Crippen molar-refractivity contribution in [1.29, 1.82) is 0 Å². The van der Waals surface area contributed by atoms with Gasteiger partial charge in [-0.25, -0.2) is 0 Å². The molecule has 134 valence electrons. The molecular formula is C17H22N4O3S. The van der Waals surface area contributed by atoms with Crippen LogP contribution in [0.5, 0.6) is 0 Å². The molecule has 25 heavy (non-hydrogen) atoms. The van der Waals surface area contributed by atoms with Gasteiger partial charge >= 0.3 is 0 Å². The van der Waals surface area contributed by atoms with E-state index in [1.807, 2.05) is 0 Å². The smallest absolute Gasteiger partial charge is 0.277 e. The third kappa shape index (κ3) is 4.01. The Bertz CT molecular complexity index is 790. The predicted molar refractivity (Wildman–Crippen MR) is 94.1 cm³/mol. The lowest BCUT2D eigenvalue weighted by Crippen LogP contribution is -2.18. The number of aromatic amines is 1. The van der Waals surface area contributed by atoms with Gasteiger partial charge in [-0.05, 0) is 52.3 Å². The second-order valence-electron chi connectivity index (χ2n) is 6.34. The van der Waals surface area contributed by atoms with Crippen molar-refractivity contribution in [3.05, 3.63) is 28.4 Å². The summed E-state index contributed by atoms with van der Waals surface area (Å²) in [5, 5.41) is 8.45. The Labute approximate surface area is 150 Å². The van der Waals surface area contributed by atoms with E-state index in [1.54, 1.807) is 13.8 Å². The van der Waals surface area contributed by atoms with Gasteiger partial charge < -0.3 is 9.40 Å². The first-order chi connectivity index (χ1) is 12.0. The zero-order chi connectivity index (χ0) is 18.0. The second-order valence-corrected chi connectivity index (χ2v) is 7.26. The predicted octanol–water partition coefficient (Wildman–Crippen LogP) is 2.79. The summed E-state index contributed by atoms with van der Waals surface area (Å²) in [4.78, 5) is 29.4. The van der Waals surface area contributed by atoms with E-state index in [-0.39, 0.29) is 17.3 Å². The maximum Gasteiger partial charge on any atom is 0.277 e. The number of aryl methyl sites for hydroxylation is 1. The summed E-state index contributed by atoms with van der Waals surface area (Å²) in [7, 11) is 0. The van der Waals surface area contributed by atoms with Crippen molar-refractivity contribution in [2.45, 2.75) is 45.4 Å². The molecule has 7 nitrogen and oxygen atoms in total. The molecule has 3 rings (SSSR count). The lowest BCUT2D eigenvalue weighted by Gasteiger charge is -2.10. The standard InChI is InChI=1S/C17H22N4O3S/c1-10-15(12(3)22)11(2)18-16(10)13(23)9-25-17-20-19-14(24-17)8-21-6-4-5-7-21/h18H,4-9H2,1-3H3. The summed E-state index contributed by atoms with van der Waals surface area (Å²) in [6.45, 7) is 7.89. The number of ketones is 2. The van der Waals surface area contributed by atoms with E-state index in [0.29, 0.717) is 34.5 Å². The van der Waals surface area contributed by atoms with Gasteiger partial charge in [0.1, 0.15) is 0 Å². The number of thioether (sulfide) groups is 1. The molecule has 2 aromatic heterocycles. The van der Waals surface area contributed by atoms with Gasteiger partial charge in [-0.1, -0.05) is 11.8 Å². The number of nitrogens with one attached hydrogen (secondary N) is 1. The first kappa shape index (κ1) is 17.9. The van der Waals surface area contributed by atoms with Crippen molar-refractivity contribution < 1.29 is 14.0 Å². The summed E-state index contributed by atoms with van der Waals surface area (Å²) >= 11 is 1.22. The van der Waals surface area contributed by atoms with Gasteiger partial charge in [0.2, 0.25) is 5.89 Å². The number of hydrogen-bond acceptors (Lipinski definition) is 7. The van der Waals surface area contributed by atoms with Gasteiger partial charge in [0.25, 0.3) is 5.22 Å². The number of likely N-dealkylation sites (tertiary alicyclic amines) is 1. The minimum atomic E-state index is -0.0857. The molecule has 3 heterocycles. The van der Waals surface area contributed by atoms with Crippen molar-refractivity contribution in [1.82, 2.24) is 20.1 Å². The Kier molecular flexibility index (Phi) is 5.39. The Morgan fingerprint density at radius 1 is 1.24 bits per heavy atom. The SMILES string of the molecule is CC(=O)c1c(C)[nH]c(C(=O)CSc2nnc(CN3CCCC3)o2)c1C. The summed E-state index contributed by atoms with van der Waals surface area (Å²) in [5.74, 6) is 0.644. The molecule has 0 amide bonds. The van der Waals surface area contributed by atoms with Crippen LogP contribution in [0.4, 0.5) is 0 Å². The molecular weight excluding hydrogens is 340 g/mol. The summed E-state index contributed by atoms with van der Waals surface area (Å²) in [5.41, 5.74) is 2.51. The van der Waals surface area contributed by atoms with Crippen molar-refractivity contribution in [3.63, 3.8) is 0 Å². The van der Waals surface area contributed by atoms with Gasteiger partial charge in [0.15, 0.2) is 11.6 Å². The largest absolute Gasteiger partial charge is 0.415 e. The molecule has 0 radical (unpaired) electrons. The van der Waals surface area contributed by atoms with Crippen LogP contribution in [0, 0.1) is 13.8 Å². The van der Waals surface area contributed by atoms with Crippen molar-refractivity contribution >= 4 is 23.3 Å². The van der Waals surface area contributed by atoms with E-state index in [4.69, 9.17) is 4.42 Å². The summed E-state index contributed by atoms with van der Waals surface area (Å²) in [6, 6.07) is 0. The fraction of sp³-hybridized carbons (Fsp3) is 0.529. The number of nitrogens with zero attached hydrogens (tertiary/aromatic N) is 3. The van der Waals surface area contributed by atoms with E-state index in [1.165, 1.54) is 31.5 Å². The third-order valence-electron chi connectivity index (χ3n) is 4.40. The van der Waals surface area contributed by atoms with Crippen LogP contribution in [0.1, 0.15) is 57.8 Å². The molecule has 1 saturated heterocycles. The van der Waals surface area contributed by atoms with E-state index >= 15 is 0 Å². The quantitative estimate of drug-likeness (QED) is 0.598. The molecule has 0 unspecified atom stereocenters. The summed E-state index contributed by atoms with van der Waals surface area (Å²) in [6.07, 6.45) is 2.42. The fourth-order valence-corrected chi connectivity index (χ4v) is 3.90. The number of aromatic nitrogens is 3. The van der Waals surface area contributed by atoms with Gasteiger partial charge in [0, 0.05) is 11.3 Å². The van der Waals surface area contributed by atoms with Crippen LogP contribution in [-0.2, 0) is 6.54 Å². The highest BCUT2D eigenvalue weighted by Gasteiger charge is 2.21. The fourth-order valence-electron chi connectivity index (χ4n) is 3.25.